The molecule has 80 valence electrons. The number of fused-ring (bicyclic) bond motifs is 1. The number of hydrogen-bond acceptors (Lipinski definition) is 4. The largest absolute Gasteiger partial charge is 0.398 e. The molecular formula is C11H10N4S. The summed E-state index contributed by atoms with van der Waals surface area (Å²) in [6.45, 7) is 0. The molecule has 0 atom stereocenters. The zero-order valence-electron chi connectivity index (χ0n) is 8.50. The third-order valence-corrected chi connectivity index (χ3v) is 3.28. The molecule has 3 aromatic heterocycles. The molecule has 0 aliphatic heterocycles. The minimum absolute atomic E-state index is 0.722. The number of rotatable bonds is 2. The lowest BCUT2D eigenvalue weighted by Gasteiger charge is -1.99. The Labute approximate surface area is 96.4 Å². The number of thiophene rings is 1. The Balaban J connectivity index is 2.07. The number of nitrogens with zero attached hydrogens (tertiary/aromatic N) is 3. The van der Waals surface area contributed by atoms with Crippen molar-refractivity contribution in [1.82, 2.24) is 14.6 Å². The molecule has 4 nitrogen and oxygen atoms in total. The average Bonchev–Trinajstić information content (AvgIpc) is 2.90. The second-order valence-corrected chi connectivity index (χ2v) is 4.60. The first-order valence-corrected chi connectivity index (χ1v) is 5.82. The Bertz CT molecular complexity index is 612. The van der Waals surface area contributed by atoms with Gasteiger partial charge in [0.15, 0.2) is 5.65 Å². The summed E-state index contributed by atoms with van der Waals surface area (Å²) in [5, 5.41) is 10.3. The molecule has 16 heavy (non-hydrogen) atoms. The molecule has 3 aromatic rings. The van der Waals surface area contributed by atoms with Crippen molar-refractivity contribution in [2.75, 3.05) is 5.73 Å². The van der Waals surface area contributed by atoms with E-state index in [0.29, 0.717) is 0 Å². The molecule has 0 saturated carbocycles. The number of aromatic nitrogens is 3. The van der Waals surface area contributed by atoms with Crippen molar-refractivity contribution in [2.45, 2.75) is 6.42 Å². The van der Waals surface area contributed by atoms with E-state index in [9.17, 15) is 0 Å². The minimum Gasteiger partial charge on any atom is -0.398 e. The first-order valence-electron chi connectivity index (χ1n) is 4.94. The smallest absolute Gasteiger partial charge is 0.160 e. The molecule has 3 rings (SSSR count). The highest BCUT2D eigenvalue weighted by atomic mass is 32.1. The van der Waals surface area contributed by atoms with E-state index in [-0.39, 0.29) is 0 Å². The van der Waals surface area contributed by atoms with Crippen LogP contribution >= 0.6 is 11.3 Å². The van der Waals surface area contributed by atoms with Crippen LogP contribution in [0.1, 0.15) is 10.7 Å². The van der Waals surface area contributed by atoms with Crippen LogP contribution in [0.25, 0.3) is 5.65 Å². The molecule has 0 bridgehead atoms. The van der Waals surface area contributed by atoms with Gasteiger partial charge in [0.2, 0.25) is 0 Å². The quantitative estimate of drug-likeness (QED) is 0.732. The summed E-state index contributed by atoms with van der Waals surface area (Å²) >= 11 is 1.72. The maximum atomic E-state index is 5.75. The van der Waals surface area contributed by atoms with E-state index in [2.05, 4.69) is 21.6 Å². The van der Waals surface area contributed by atoms with Gasteiger partial charge in [0.05, 0.1) is 0 Å². The molecule has 0 saturated heterocycles. The summed E-state index contributed by atoms with van der Waals surface area (Å²) in [6, 6.07) is 7.84. The van der Waals surface area contributed by atoms with Crippen LogP contribution in [0.2, 0.25) is 0 Å². The van der Waals surface area contributed by atoms with Crippen LogP contribution < -0.4 is 5.73 Å². The van der Waals surface area contributed by atoms with Crippen molar-refractivity contribution in [2.24, 2.45) is 0 Å². The van der Waals surface area contributed by atoms with Gasteiger partial charge < -0.3 is 5.73 Å². The average molecular weight is 230 g/mol. The highest BCUT2D eigenvalue weighted by molar-refractivity contribution is 7.09. The van der Waals surface area contributed by atoms with Crippen LogP contribution in [0.4, 0.5) is 5.69 Å². The number of pyridine rings is 1. The third kappa shape index (κ3) is 1.55. The molecule has 0 aliphatic carbocycles. The highest BCUT2D eigenvalue weighted by Gasteiger charge is 2.06. The van der Waals surface area contributed by atoms with Crippen LogP contribution in [0.3, 0.4) is 0 Å². The number of anilines is 1. The summed E-state index contributed by atoms with van der Waals surface area (Å²) in [4.78, 5) is 1.27. The molecule has 0 amide bonds. The van der Waals surface area contributed by atoms with Crippen LogP contribution in [0.5, 0.6) is 0 Å². The predicted octanol–water partition coefficient (Wildman–Crippen LogP) is 1.96. The van der Waals surface area contributed by atoms with E-state index >= 15 is 0 Å². The lowest BCUT2D eigenvalue weighted by Crippen LogP contribution is -1.96. The van der Waals surface area contributed by atoms with Gasteiger partial charge in [-0.1, -0.05) is 6.07 Å². The van der Waals surface area contributed by atoms with Crippen molar-refractivity contribution in [3.8, 4) is 0 Å². The van der Waals surface area contributed by atoms with Crippen LogP contribution in [0.15, 0.2) is 35.8 Å². The normalized spacial score (nSPS) is 11.0. The highest BCUT2D eigenvalue weighted by Crippen LogP contribution is 2.15. The van der Waals surface area contributed by atoms with Gasteiger partial charge in [-0.2, -0.15) is 0 Å². The number of nitrogen functional groups attached to an aromatic ring is 1. The summed E-state index contributed by atoms with van der Waals surface area (Å²) < 4.78 is 1.94. The van der Waals surface area contributed by atoms with Gasteiger partial charge in [-0.05, 0) is 23.6 Å². The molecule has 3 heterocycles. The minimum atomic E-state index is 0.722. The molecule has 0 spiro atoms. The number of nitrogens with two attached hydrogens (primary N) is 1. The maximum Gasteiger partial charge on any atom is 0.160 e. The topological polar surface area (TPSA) is 56.2 Å². The van der Waals surface area contributed by atoms with Crippen molar-refractivity contribution in [3.63, 3.8) is 0 Å². The fourth-order valence-corrected chi connectivity index (χ4v) is 2.35. The Morgan fingerprint density at radius 3 is 3.00 bits per heavy atom. The summed E-state index contributed by atoms with van der Waals surface area (Å²) in [6.07, 6.45) is 2.65. The summed E-state index contributed by atoms with van der Waals surface area (Å²) in [7, 11) is 0. The standard InChI is InChI=1S/C11H10N4S/c12-8-3-4-10-13-14-11(15(10)7-8)6-9-2-1-5-16-9/h1-5,7H,6,12H2. The third-order valence-electron chi connectivity index (χ3n) is 2.41. The van der Waals surface area contributed by atoms with E-state index < -0.39 is 0 Å². The Hall–Kier alpha value is -1.88. The van der Waals surface area contributed by atoms with Gasteiger partial charge in [-0.3, -0.25) is 4.40 Å². The Morgan fingerprint density at radius 2 is 2.19 bits per heavy atom. The van der Waals surface area contributed by atoms with E-state index in [0.717, 1.165) is 23.6 Å². The lowest BCUT2D eigenvalue weighted by molar-refractivity contribution is 0.945. The van der Waals surface area contributed by atoms with Gasteiger partial charge in [0.1, 0.15) is 5.82 Å². The Morgan fingerprint density at radius 1 is 1.25 bits per heavy atom. The van der Waals surface area contributed by atoms with Crippen LogP contribution in [-0.2, 0) is 6.42 Å². The Kier molecular flexibility index (Phi) is 2.11. The fourth-order valence-electron chi connectivity index (χ4n) is 1.64. The van der Waals surface area contributed by atoms with E-state index in [1.165, 1.54) is 4.88 Å². The van der Waals surface area contributed by atoms with Gasteiger partial charge in [-0.15, -0.1) is 21.5 Å². The molecule has 2 N–H and O–H groups in total. The SMILES string of the molecule is Nc1ccc2nnc(Cc3cccs3)n2c1. The second kappa shape index (κ2) is 3.61. The van der Waals surface area contributed by atoms with E-state index in [4.69, 9.17) is 5.73 Å². The molecule has 0 unspecified atom stereocenters. The zero-order chi connectivity index (χ0) is 11.0. The molecule has 0 radical (unpaired) electrons. The van der Waals surface area contributed by atoms with Crippen molar-refractivity contribution in [3.05, 3.63) is 46.5 Å². The van der Waals surface area contributed by atoms with Gasteiger partial charge in [0, 0.05) is 23.2 Å². The van der Waals surface area contributed by atoms with Crippen LogP contribution in [-0.4, -0.2) is 14.6 Å². The van der Waals surface area contributed by atoms with Crippen LogP contribution in [0, 0.1) is 0 Å². The van der Waals surface area contributed by atoms with Crippen molar-refractivity contribution in [1.29, 1.82) is 0 Å². The molecule has 0 fully saturated rings. The predicted molar refractivity (Wildman–Crippen MR) is 64.5 cm³/mol. The first kappa shape index (κ1) is 9.35. The van der Waals surface area contributed by atoms with Gasteiger partial charge >= 0.3 is 0 Å². The molecule has 5 heteroatoms. The first-order chi connectivity index (χ1) is 7.83. The molecule has 0 aromatic carbocycles. The van der Waals surface area contributed by atoms with Gasteiger partial charge in [0.25, 0.3) is 0 Å². The fraction of sp³-hybridized carbons (Fsp3) is 0.0909. The lowest BCUT2D eigenvalue weighted by atomic mass is 10.3. The maximum absolute atomic E-state index is 5.75. The molecule has 0 aliphatic rings. The monoisotopic (exact) mass is 230 g/mol. The van der Waals surface area contributed by atoms with Gasteiger partial charge in [-0.25, -0.2) is 0 Å². The summed E-state index contributed by atoms with van der Waals surface area (Å²) in [5.41, 5.74) is 7.31. The van der Waals surface area contributed by atoms with Crippen molar-refractivity contribution >= 4 is 22.7 Å². The second-order valence-electron chi connectivity index (χ2n) is 3.56. The van der Waals surface area contributed by atoms with Crippen molar-refractivity contribution < 1.29 is 0 Å². The summed E-state index contributed by atoms with van der Waals surface area (Å²) in [5.74, 6) is 0.921. The number of hydrogen-bond donors (Lipinski definition) is 1. The molecular weight excluding hydrogens is 220 g/mol. The zero-order valence-corrected chi connectivity index (χ0v) is 9.31. The van der Waals surface area contributed by atoms with E-state index in [1.807, 2.05) is 28.8 Å². The van der Waals surface area contributed by atoms with E-state index in [1.54, 1.807) is 11.3 Å².